The van der Waals surface area contributed by atoms with E-state index in [1.807, 2.05) is 42.1 Å². The molecule has 12 heavy (non-hydrogen) atoms. The van der Waals surface area contributed by atoms with Crippen LogP contribution in [0.2, 0.25) is 0 Å². The lowest BCUT2D eigenvalue weighted by atomic mass is 10.3. The molecule has 1 heterocycles. The van der Waals surface area contributed by atoms with Gasteiger partial charge in [0.25, 0.3) is 0 Å². The third-order valence-corrected chi connectivity index (χ3v) is 1.53. The van der Waals surface area contributed by atoms with Crippen LogP contribution < -0.4 is 28.5 Å². The van der Waals surface area contributed by atoms with Crippen LogP contribution in [0.15, 0.2) is 30.6 Å². The molecule has 66 valence electrons. The Balaban J connectivity index is 0.00000121. The van der Waals surface area contributed by atoms with E-state index in [0.29, 0.717) is 13.0 Å². The Morgan fingerprint density at radius 3 is 2.33 bits per heavy atom. The lowest BCUT2D eigenvalue weighted by Crippen LogP contribution is -3.00. The normalized spacial score (nSPS) is 8.75. The minimum atomic E-state index is 0. The van der Waals surface area contributed by atoms with E-state index in [1.165, 1.54) is 0 Å². The second-order valence-corrected chi connectivity index (χ2v) is 2.44. The van der Waals surface area contributed by atoms with Gasteiger partial charge in [-0.25, -0.2) is 0 Å². The van der Waals surface area contributed by atoms with Gasteiger partial charge in [0.1, 0.15) is 0 Å². The highest BCUT2D eigenvalue weighted by molar-refractivity contribution is 5.76. The summed E-state index contributed by atoms with van der Waals surface area (Å²) < 4.78 is 1.88. The van der Waals surface area contributed by atoms with Crippen LogP contribution in [0.5, 0.6) is 0 Å². The fraction of sp³-hybridized carbons (Fsp3) is 0.333. The summed E-state index contributed by atoms with van der Waals surface area (Å²) in [6.07, 6.45) is 4.41. The first-order valence-electron chi connectivity index (χ1n) is 3.78. The van der Waals surface area contributed by atoms with Crippen molar-refractivity contribution in [1.82, 2.24) is 0 Å². The first-order chi connectivity index (χ1) is 5.33. The van der Waals surface area contributed by atoms with Gasteiger partial charge in [-0.3, -0.25) is 4.79 Å². The smallest absolute Gasteiger partial charge is 0.206 e. The number of Topliss-reactive ketones (excluding diaryl/α,β-unsaturated/α-hetero) is 1. The van der Waals surface area contributed by atoms with Crippen molar-refractivity contribution in [3.8, 4) is 0 Å². The topological polar surface area (TPSA) is 20.9 Å². The zero-order valence-corrected chi connectivity index (χ0v) is 9.19. The third kappa shape index (κ3) is 3.80. The van der Waals surface area contributed by atoms with Gasteiger partial charge in [-0.05, 0) is 0 Å². The Hall–Kier alpha value is -0.450. The van der Waals surface area contributed by atoms with Crippen LogP contribution in [-0.2, 0) is 11.3 Å². The number of rotatable bonds is 3. The molecular weight excluding hydrogens is 265 g/mol. The van der Waals surface area contributed by atoms with Gasteiger partial charge < -0.3 is 24.0 Å². The average molecular weight is 277 g/mol. The Morgan fingerprint density at radius 2 is 1.83 bits per heavy atom. The van der Waals surface area contributed by atoms with Crippen LogP contribution >= 0.6 is 0 Å². The number of pyridine rings is 1. The van der Waals surface area contributed by atoms with Gasteiger partial charge in [0.05, 0.1) is 0 Å². The quantitative estimate of drug-likeness (QED) is 0.460. The van der Waals surface area contributed by atoms with Gasteiger partial charge in [0.2, 0.25) is 6.54 Å². The monoisotopic (exact) mass is 277 g/mol. The largest absolute Gasteiger partial charge is 1.00 e. The molecular formula is C9H12INO. The van der Waals surface area contributed by atoms with E-state index in [4.69, 9.17) is 0 Å². The first-order valence-corrected chi connectivity index (χ1v) is 3.78. The molecule has 0 aliphatic carbocycles. The van der Waals surface area contributed by atoms with Crippen LogP contribution in [0, 0.1) is 0 Å². The number of halogens is 1. The number of carbonyl (C=O) groups excluding carboxylic acids is 1. The van der Waals surface area contributed by atoms with Crippen molar-refractivity contribution in [2.24, 2.45) is 0 Å². The van der Waals surface area contributed by atoms with Crippen molar-refractivity contribution in [2.75, 3.05) is 0 Å². The summed E-state index contributed by atoms with van der Waals surface area (Å²) in [6.45, 7) is 2.38. The van der Waals surface area contributed by atoms with Crippen LogP contribution in [0.3, 0.4) is 0 Å². The summed E-state index contributed by atoms with van der Waals surface area (Å²) in [5, 5.41) is 0. The zero-order valence-electron chi connectivity index (χ0n) is 7.03. The van der Waals surface area contributed by atoms with Gasteiger partial charge in [-0.2, -0.15) is 4.57 Å². The zero-order chi connectivity index (χ0) is 8.10. The fourth-order valence-corrected chi connectivity index (χ4v) is 0.855. The molecule has 0 unspecified atom stereocenters. The van der Waals surface area contributed by atoms with Gasteiger partial charge >= 0.3 is 0 Å². The highest BCUT2D eigenvalue weighted by Crippen LogP contribution is 1.81. The number of hydrogen-bond donors (Lipinski definition) is 0. The molecule has 0 N–H and O–H groups in total. The van der Waals surface area contributed by atoms with Crippen LogP contribution in [-0.4, -0.2) is 5.78 Å². The predicted molar refractivity (Wildman–Crippen MR) is 41.9 cm³/mol. The molecule has 2 nitrogen and oxygen atoms in total. The molecule has 3 heteroatoms. The van der Waals surface area contributed by atoms with E-state index < -0.39 is 0 Å². The van der Waals surface area contributed by atoms with Crippen molar-refractivity contribution in [1.29, 1.82) is 0 Å². The van der Waals surface area contributed by atoms with E-state index in [1.54, 1.807) is 0 Å². The number of hydrogen-bond acceptors (Lipinski definition) is 1. The molecule has 0 spiro atoms. The number of ketones is 1. The van der Waals surface area contributed by atoms with Crippen LogP contribution in [0.4, 0.5) is 0 Å². The summed E-state index contributed by atoms with van der Waals surface area (Å²) in [6, 6.07) is 5.78. The maximum Gasteiger partial charge on any atom is 0.206 e. The number of nitrogens with zero attached hydrogens (tertiary/aromatic N) is 1. The summed E-state index contributed by atoms with van der Waals surface area (Å²) >= 11 is 0. The second kappa shape index (κ2) is 6.11. The lowest BCUT2D eigenvalue weighted by Gasteiger charge is -1.91. The molecule has 0 aliphatic heterocycles. The lowest BCUT2D eigenvalue weighted by molar-refractivity contribution is -0.684. The number of aromatic nitrogens is 1. The molecule has 1 aromatic heterocycles. The molecule has 0 bridgehead atoms. The Labute approximate surface area is 89.6 Å². The molecule has 0 aliphatic rings. The summed E-state index contributed by atoms with van der Waals surface area (Å²) in [7, 11) is 0. The molecule has 0 atom stereocenters. The summed E-state index contributed by atoms with van der Waals surface area (Å²) in [5.74, 6) is 0.265. The fourth-order valence-electron chi connectivity index (χ4n) is 0.855. The van der Waals surface area contributed by atoms with Crippen molar-refractivity contribution in [3.63, 3.8) is 0 Å². The van der Waals surface area contributed by atoms with Gasteiger partial charge in [-0.15, -0.1) is 0 Å². The molecule has 0 aromatic carbocycles. The highest BCUT2D eigenvalue weighted by atomic mass is 127. The first kappa shape index (κ1) is 11.6. The summed E-state index contributed by atoms with van der Waals surface area (Å²) in [4.78, 5) is 11.0. The Bertz CT molecular complexity index is 236. The van der Waals surface area contributed by atoms with Gasteiger partial charge in [0, 0.05) is 18.6 Å². The van der Waals surface area contributed by atoms with E-state index in [2.05, 4.69) is 0 Å². The maximum atomic E-state index is 11.0. The standard InChI is InChI=1S/C9H12NO.HI/c1-2-9(11)8-10-6-4-3-5-7-10;/h3-7H,2,8H2,1H3;1H/q+1;/p-1. The predicted octanol–water partition coefficient (Wildman–Crippen LogP) is -2.04. The second-order valence-electron chi connectivity index (χ2n) is 2.44. The summed E-state index contributed by atoms with van der Waals surface area (Å²) in [5.41, 5.74) is 0. The van der Waals surface area contributed by atoms with Crippen LogP contribution in [0.1, 0.15) is 13.3 Å². The van der Waals surface area contributed by atoms with Crippen molar-refractivity contribution in [3.05, 3.63) is 30.6 Å². The van der Waals surface area contributed by atoms with Crippen molar-refractivity contribution in [2.45, 2.75) is 19.9 Å². The molecule has 0 saturated heterocycles. The number of carbonyl (C=O) groups is 1. The minimum Gasteiger partial charge on any atom is -1.00 e. The van der Waals surface area contributed by atoms with E-state index in [0.717, 1.165) is 0 Å². The van der Waals surface area contributed by atoms with Crippen LogP contribution in [0.25, 0.3) is 0 Å². The molecule has 1 aromatic rings. The molecule has 0 radical (unpaired) electrons. The van der Waals surface area contributed by atoms with E-state index in [9.17, 15) is 4.79 Å². The molecule has 0 amide bonds. The average Bonchev–Trinajstić information content (AvgIpc) is 2.06. The molecule has 0 fully saturated rings. The molecule has 0 saturated carbocycles. The SMILES string of the molecule is CCC(=O)C[n+]1ccccc1.[I-]. The minimum absolute atomic E-state index is 0. The van der Waals surface area contributed by atoms with E-state index in [-0.39, 0.29) is 29.8 Å². The van der Waals surface area contributed by atoms with Crippen molar-refractivity contribution < 1.29 is 33.3 Å². The third-order valence-electron chi connectivity index (χ3n) is 1.53. The molecule has 1 rings (SSSR count). The van der Waals surface area contributed by atoms with E-state index >= 15 is 0 Å². The highest BCUT2D eigenvalue weighted by Gasteiger charge is 2.04. The Morgan fingerprint density at radius 1 is 1.25 bits per heavy atom. The maximum absolute atomic E-state index is 11.0. The van der Waals surface area contributed by atoms with Crippen molar-refractivity contribution >= 4 is 5.78 Å². The van der Waals surface area contributed by atoms with Gasteiger partial charge in [0.15, 0.2) is 18.2 Å². The van der Waals surface area contributed by atoms with Gasteiger partial charge in [-0.1, -0.05) is 13.0 Å². The Kier molecular flexibility index (Phi) is 5.88.